The molecule has 10 atom stereocenters. The Morgan fingerprint density at radius 2 is 1.59 bits per heavy atom. The van der Waals surface area contributed by atoms with Crippen molar-refractivity contribution in [3.05, 3.63) is 12.2 Å². The van der Waals surface area contributed by atoms with Gasteiger partial charge in [-0.25, -0.2) is 0 Å². The maximum Gasteiger partial charge on any atom is 0.303 e. The summed E-state index contributed by atoms with van der Waals surface area (Å²) in [5.74, 6) is -2.98. The zero-order chi connectivity index (χ0) is 24.0. The number of Topliss-reactive ketones (excluding diaryl/α,β-unsaturated/α-hetero) is 1. The van der Waals surface area contributed by atoms with E-state index in [9.17, 15) is 29.7 Å². The summed E-state index contributed by atoms with van der Waals surface area (Å²) in [5, 5.41) is 34.2. The summed E-state index contributed by atoms with van der Waals surface area (Å²) < 4.78 is 11.1. The van der Waals surface area contributed by atoms with E-state index in [0.717, 1.165) is 0 Å². The Morgan fingerprint density at radius 3 is 2.16 bits per heavy atom. The lowest BCUT2D eigenvalue weighted by Crippen LogP contribution is -2.75. The van der Waals surface area contributed by atoms with Crippen LogP contribution in [0.15, 0.2) is 12.2 Å². The molecule has 0 saturated heterocycles. The maximum absolute atomic E-state index is 13.7. The molecule has 4 saturated carbocycles. The van der Waals surface area contributed by atoms with Gasteiger partial charge in [0.2, 0.25) is 0 Å². The number of ketones is 1. The van der Waals surface area contributed by atoms with Crippen LogP contribution >= 0.6 is 0 Å². The summed E-state index contributed by atoms with van der Waals surface area (Å²) in [5.41, 5.74) is -2.77. The number of carbonyl (C=O) groups excluding carboxylic acids is 3. The lowest BCUT2D eigenvalue weighted by molar-refractivity contribution is -0.296. The molecule has 0 aromatic rings. The quantitative estimate of drug-likeness (QED) is 0.422. The molecule has 0 aromatic carbocycles. The standard InChI is InChI=1S/C24H34O8/c1-10-13-7-14(27)17-23(6)9-15(31-11(2)25)20(30)22(4,5)18(23)16(28)21(32-12(3)26)24(17,8-13)19(10)29/h13-18,20-21,27-28,30H,1,7-9H2,2-6H3/t13-,14+,15+,16-,17+,18-,20+,21+,23+,24+/m1/s1. The van der Waals surface area contributed by atoms with Gasteiger partial charge in [-0.2, -0.15) is 0 Å². The fourth-order valence-corrected chi connectivity index (χ4v) is 8.31. The summed E-state index contributed by atoms with van der Waals surface area (Å²) in [6.45, 7) is 11.9. The molecule has 4 fully saturated rings. The van der Waals surface area contributed by atoms with Crippen LogP contribution in [-0.2, 0) is 23.9 Å². The summed E-state index contributed by atoms with van der Waals surface area (Å²) in [6.07, 6.45) is -4.42. The number of ether oxygens (including phenoxy) is 2. The first-order chi connectivity index (χ1) is 14.7. The van der Waals surface area contributed by atoms with Crippen molar-refractivity contribution in [3.63, 3.8) is 0 Å². The van der Waals surface area contributed by atoms with Crippen LogP contribution in [0, 0.1) is 34.0 Å². The summed E-state index contributed by atoms with van der Waals surface area (Å²) in [4.78, 5) is 37.5. The molecule has 4 rings (SSSR count). The van der Waals surface area contributed by atoms with Crippen LogP contribution in [0.5, 0.6) is 0 Å². The second kappa shape index (κ2) is 7.11. The predicted molar refractivity (Wildman–Crippen MR) is 112 cm³/mol. The van der Waals surface area contributed by atoms with E-state index in [1.54, 1.807) is 13.8 Å². The molecule has 2 bridgehead atoms. The molecular weight excluding hydrogens is 416 g/mol. The molecule has 0 heterocycles. The van der Waals surface area contributed by atoms with Crippen LogP contribution in [0.4, 0.5) is 0 Å². The molecule has 8 nitrogen and oxygen atoms in total. The molecule has 4 aliphatic carbocycles. The van der Waals surface area contributed by atoms with Gasteiger partial charge in [0.25, 0.3) is 0 Å². The molecule has 0 radical (unpaired) electrons. The molecule has 178 valence electrons. The highest BCUT2D eigenvalue weighted by Gasteiger charge is 2.77. The first kappa shape index (κ1) is 23.4. The van der Waals surface area contributed by atoms with Gasteiger partial charge in [-0.05, 0) is 36.2 Å². The Balaban J connectivity index is 1.94. The molecule has 3 N–H and O–H groups in total. The van der Waals surface area contributed by atoms with Gasteiger partial charge in [-0.1, -0.05) is 27.4 Å². The number of allylic oxidation sites excluding steroid dienone is 1. The van der Waals surface area contributed by atoms with Crippen molar-refractivity contribution in [1.82, 2.24) is 0 Å². The number of carbonyl (C=O) groups is 3. The Hall–Kier alpha value is -1.77. The Kier molecular flexibility index (Phi) is 5.20. The molecular formula is C24H34O8. The molecule has 32 heavy (non-hydrogen) atoms. The van der Waals surface area contributed by atoms with Crippen molar-refractivity contribution in [2.45, 2.75) is 84.4 Å². The number of aliphatic hydroxyl groups excluding tert-OH is 3. The largest absolute Gasteiger partial charge is 0.460 e. The van der Waals surface area contributed by atoms with E-state index in [-0.39, 0.29) is 18.1 Å². The van der Waals surface area contributed by atoms with E-state index in [2.05, 4.69) is 6.58 Å². The normalized spacial score (nSPS) is 49.1. The van der Waals surface area contributed by atoms with Gasteiger partial charge in [0.15, 0.2) is 5.78 Å². The number of hydrogen-bond acceptors (Lipinski definition) is 8. The van der Waals surface area contributed by atoms with E-state index in [0.29, 0.717) is 18.4 Å². The van der Waals surface area contributed by atoms with Crippen molar-refractivity contribution < 1.29 is 39.2 Å². The Bertz CT molecular complexity index is 879. The van der Waals surface area contributed by atoms with Crippen molar-refractivity contribution in [2.75, 3.05) is 0 Å². The maximum atomic E-state index is 13.7. The third kappa shape index (κ3) is 2.82. The number of rotatable bonds is 2. The van der Waals surface area contributed by atoms with Crippen molar-refractivity contribution in [1.29, 1.82) is 0 Å². The molecule has 4 aliphatic rings. The van der Waals surface area contributed by atoms with E-state index in [1.807, 2.05) is 6.92 Å². The molecule has 0 amide bonds. The summed E-state index contributed by atoms with van der Waals surface area (Å²) in [6, 6.07) is 0. The Morgan fingerprint density at radius 1 is 1.00 bits per heavy atom. The summed E-state index contributed by atoms with van der Waals surface area (Å²) in [7, 11) is 0. The number of hydrogen-bond donors (Lipinski definition) is 3. The van der Waals surface area contributed by atoms with Crippen molar-refractivity contribution in [3.8, 4) is 0 Å². The van der Waals surface area contributed by atoms with Gasteiger partial charge in [0.1, 0.15) is 12.2 Å². The average molecular weight is 451 g/mol. The van der Waals surface area contributed by atoms with E-state index in [4.69, 9.17) is 9.47 Å². The first-order valence-corrected chi connectivity index (χ1v) is 11.3. The third-order valence-electron chi connectivity index (χ3n) is 9.00. The predicted octanol–water partition coefficient (Wildman–Crippen LogP) is 1.15. The van der Waals surface area contributed by atoms with Crippen LogP contribution in [0.3, 0.4) is 0 Å². The highest BCUT2D eigenvalue weighted by molar-refractivity contribution is 6.04. The van der Waals surface area contributed by atoms with Gasteiger partial charge < -0.3 is 24.8 Å². The number of fused-ring (bicyclic) bond motifs is 3. The van der Waals surface area contributed by atoms with Crippen molar-refractivity contribution in [2.24, 2.45) is 34.0 Å². The van der Waals surface area contributed by atoms with Crippen LogP contribution in [0.25, 0.3) is 0 Å². The van der Waals surface area contributed by atoms with Crippen LogP contribution in [0.2, 0.25) is 0 Å². The lowest BCUT2D eigenvalue weighted by atomic mass is 9.38. The minimum Gasteiger partial charge on any atom is -0.460 e. The minimum atomic E-state index is -1.31. The SMILES string of the molecule is C=C1C(=O)[C@]23C[C@H]1C[C@H](O)[C@H]2[C@]1(C)C[C@H](OC(C)=O)[C@H](O)C(C)(C)[C@H]1[C@@H](O)[C@@H]3OC(C)=O. The van der Waals surface area contributed by atoms with Crippen LogP contribution < -0.4 is 0 Å². The summed E-state index contributed by atoms with van der Waals surface area (Å²) >= 11 is 0. The second-order valence-corrected chi connectivity index (χ2v) is 11.2. The number of esters is 2. The van der Waals surface area contributed by atoms with E-state index in [1.165, 1.54) is 13.8 Å². The zero-order valence-electron chi connectivity index (χ0n) is 19.3. The number of aliphatic hydroxyl groups is 3. The van der Waals surface area contributed by atoms with Gasteiger partial charge in [-0.15, -0.1) is 0 Å². The average Bonchev–Trinajstić information content (AvgIpc) is 2.84. The monoisotopic (exact) mass is 450 g/mol. The third-order valence-corrected chi connectivity index (χ3v) is 9.00. The van der Waals surface area contributed by atoms with Gasteiger partial charge in [-0.3, -0.25) is 14.4 Å². The van der Waals surface area contributed by atoms with Crippen LogP contribution in [0.1, 0.15) is 53.9 Å². The molecule has 8 heteroatoms. The molecule has 0 aromatic heterocycles. The zero-order valence-corrected chi connectivity index (χ0v) is 19.3. The second-order valence-electron chi connectivity index (χ2n) is 11.2. The minimum absolute atomic E-state index is 0.166. The first-order valence-electron chi connectivity index (χ1n) is 11.3. The van der Waals surface area contributed by atoms with E-state index >= 15 is 0 Å². The molecule has 0 unspecified atom stereocenters. The highest BCUT2D eigenvalue weighted by Crippen LogP contribution is 2.71. The topological polar surface area (TPSA) is 130 Å². The highest BCUT2D eigenvalue weighted by atomic mass is 16.6. The van der Waals surface area contributed by atoms with Gasteiger partial charge in [0, 0.05) is 31.1 Å². The molecule has 0 aliphatic heterocycles. The van der Waals surface area contributed by atoms with E-state index < -0.39 is 70.5 Å². The smallest absolute Gasteiger partial charge is 0.303 e. The Labute approximate surface area is 188 Å². The van der Waals surface area contributed by atoms with Crippen LogP contribution in [-0.4, -0.2) is 63.6 Å². The van der Waals surface area contributed by atoms with Gasteiger partial charge in [0.05, 0.1) is 23.7 Å². The molecule has 1 spiro atoms. The van der Waals surface area contributed by atoms with Crippen molar-refractivity contribution >= 4 is 17.7 Å². The lowest BCUT2D eigenvalue weighted by Gasteiger charge is -2.68. The van der Waals surface area contributed by atoms with Gasteiger partial charge >= 0.3 is 11.9 Å². The fourth-order valence-electron chi connectivity index (χ4n) is 8.31. The fraction of sp³-hybridized carbons (Fsp3) is 0.792.